The smallest absolute Gasteiger partial charge is 0.213 e. The molecule has 0 radical (unpaired) electrons. The molecule has 0 aromatic rings. The molecule has 2 aliphatic rings. The molecule has 0 amide bonds. The van der Waals surface area contributed by atoms with Crippen LogP contribution >= 0.6 is 0 Å². The molecule has 0 aromatic carbocycles. The Kier molecular flexibility index (Phi) is 4.75. The number of sulfonamides is 1. The van der Waals surface area contributed by atoms with Crippen LogP contribution in [0.5, 0.6) is 0 Å². The molecule has 1 N–H and O–H groups in total. The molecule has 2 rings (SSSR count). The van der Waals surface area contributed by atoms with E-state index >= 15 is 0 Å². The molecule has 2 aliphatic heterocycles. The Hall–Kier alpha value is -0.920. The fourth-order valence-corrected chi connectivity index (χ4v) is 4.21. The van der Waals surface area contributed by atoms with Crippen molar-refractivity contribution in [3.63, 3.8) is 0 Å². The summed E-state index contributed by atoms with van der Waals surface area (Å²) in [5, 5.41) is 0. The second-order valence-corrected chi connectivity index (χ2v) is 8.11. The third kappa shape index (κ3) is 3.84. The minimum atomic E-state index is -3.23. The Balaban J connectivity index is 2.04. The van der Waals surface area contributed by atoms with E-state index in [1.54, 1.807) is 0 Å². The van der Waals surface area contributed by atoms with Crippen LogP contribution in [0.4, 0.5) is 0 Å². The number of hydrogen-bond donors (Lipinski definition) is 1. The highest BCUT2D eigenvalue weighted by Gasteiger charge is 2.34. The van der Waals surface area contributed by atoms with Crippen LogP contribution in [0.15, 0.2) is 16.3 Å². The second-order valence-electron chi connectivity index (χ2n) is 6.23. The summed E-state index contributed by atoms with van der Waals surface area (Å²) in [6.07, 6.45) is 0.754. The molecule has 1 fully saturated rings. The van der Waals surface area contributed by atoms with Crippen molar-refractivity contribution in [2.75, 3.05) is 32.9 Å². The number of nitrogens with zero attached hydrogens (tertiary/aromatic N) is 3. The number of rotatable bonds is 5. The van der Waals surface area contributed by atoms with E-state index in [2.05, 4.69) is 28.5 Å². The Morgan fingerprint density at radius 2 is 2.05 bits per heavy atom. The Labute approximate surface area is 128 Å². The predicted molar refractivity (Wildman–Crippen MR) is 85.9 cm³/mol. The van der Waals surface area contributed by atoms with E-state index in [-0.39, 0.29) is 17.8 Å². The maximum absolute atomic E-state index is 12.1. The molecule has 2 atom stereocenters. The van der Waals surface area contributed by atoms with Crippen molar-refractivity contribution in [3.05, 3.63) is 11.3 Å². The van der Waals surface area contributed by atoms with Gasteiger partial charge in [0, 0.05) is 31.2 Å². The van der Waals surface area contributed by atoms with Gasteiger partial charge in [-0.2, -0.15) is 0 Å². The number of fused-ring (bicyclic) bond motifs is 1. The number of amidine groups is 1. The van der Waals surface area contributed by atoms with Crippen LogP contribution < -0.4 is 4.72 Å². The van der Waals surface area contributed by atoms with E-state index in [1.807, 2.05) is 25.9 Å². The summed E-state index contributed by atoms with van der Waals surface area (Å²) in [5.74, 6) is 1.12. The van der Waals surface area contributed by atoms with Gasteiger partial charge in [0.05, 0.1) is 11.8 Å². The second kappa shape index (κ2) is 6.06. The van der Waals surface area contributed by atoms with Crippen molar-refractivity contribution >= 4 is 15.9 Å². The fraction of sp³-hybridized carbons (Fsp3) is 0.786. The minimum absolute atomic E-state index is 0.0578. The van der Waals surface area contributed by atoms with Crippen molar-refractivity contribution in [1.29, 1.82) is 0 Å². The molecule has 0 spiro atoms. The Morgan fingerprint density at radius 3 is 2.67 bits per heavy atom. The van der Waals surface area contributed by atoms with E-state index < -0.39 is 10.0 Å². The molecule has 0 aliphatic carbocycles. The Bertz CT molecular complexity index is 566. The van der Waals surface area contributed by atoms with Crippen LogP contribution in [0.3, 0.4) is 0 Å². The van der Waals surface area contributed by atoms with E-state index in [0.29, 0.717) is 13.1 Å². The standard InChI is InChI=1S/C14H26N4O2S/c1-10-11(2)15-12(3)18-9-13(8-14(10)18)16-21(19,20)7-6-17(4)5/h11,13,16H,6-9H2,1-5H3/t11-,13-/m0/s1. The van der Waals surface area contributed by atoms with Gasteiger partial charge in [0.25, 0.3) is 0 Å². The number of aliphatic imine (C=N–C) groups is 1. The zero-order valence-corrected chi connectivity index (χ0v) is 14.4. The van der Waals surface area contributed by atoms with E-state index in [4.69, 9.17) is 0 Å². The van der Waals surface area contributed by atoms with Crippen LogP contribution in [0.2, 0.25) is 0 Å². The molecule has 7 heteroatoms. The molecule has 120 valence electrons. The topological polar surface area (TPSA) is 65.0 Å². The third-order valence-corrected chi connectivity index (χ3v) is 5.59. The van der Waals surface area contributed by atoms with Crippen molar-refractivity contribution in [3.8, 4) is 0 Å². The highest BCUT2D eigenvalue weighted by atomic mass is 32.2. The van der Waals surface area contributed by atoms with Gasteiger partial charge < -0.3 is 9.80 Å². The van der Waals surface area contributed by atoms with Gasteiger partial charge in [-0.3, -0.25) is 4.99 Å². The van der Waals surface area contributed by atoms with Crippen molar-refractivity contribution in [2.24, 2.45) is 4.99 Å². The van der Waals surface area contributed by atoms with Crippen LogP contribution in [0.1, 0.15) is 27.2 Å². The van der Waals surface area contributed by atoms with Gasteiger partial charge in [-0.25, -0.2) is 13.1 Å². The lowest BCUT2D eigenvalue weighted by atomic mass is 10.0. The first kappa shape index (κ1) is 16.5. The molecule has 0 unspecified atom stereocenters. The van der Waals surface area contributed by atoms with E-state index in [9.17, 15) is 8.42 Å². The summed E-state index contributed by atoms with van der Waals surface area (Å²) < 4.78 is 27.1. The van der Waals surface area contributed by atoms with Crippen LogP contribution in [0, 0.1) is 0 Å². The number of nitrogens with one attached hydrogen (secondary N) is 1. The van der Waals surface area contributed by atoms with Gasteiger partial charge in [-0.15, -0.1) is 0 Å². The van der Waals surface area contributed by atoms with Crippen molar-refractivity contribution < 1.29 is 8.42 Å². The molecular weight excluding hydrogens is 288 g/mol. The normalized spacial score (nSPS) is 26.4. The first-order valence-electron chi connectivity index (χ1n) is 7.36. The maximum atomic E-state index is 12.1. The Morgan fingerprint density at radius 1 is 1.38 bits per heavy atom. The highest BCUT2D eigenvalue weighted by molar-refractivity contribution is 7.89. The van der Waals surface area contributed by atoms with Gasteiger partial charge in [0.15, 0.2) is 0 Å². The minimum Gasteiger partial charge on any atom is -0.332 e. The molecule has 2 heterocycles. The lowest BCUT2D eigenvalue weighted by Crippen LogP contribution is -2.41. The molecule has 6 nitrogen and oxygen atoms in total. The van der Waals surface area contributed by atoms with Gasteiger partial charge >= 0.3 is 0 Å². The average molecular weight is 314 g/mol. The summed E-state index contributed by atoms with van der Waals surface area (Å²) in [6, 6.07) is 0.137. The first-order chi connectivity index (χ1) is 9.69. The zero-order chi connectivity index (χ0) is 15.8. The van der Waals surface area contributed by atoms with Crippen LogP contribution in [-0.2, 0) is 10.0 Å². The predicted octanol–water partition coefficient (Wildman–Crippen LogP) is 0.636. The molecule has 0 saturated carbocycles. The highest BCUT2D eigenvalue weighted by Crippen LogP contribution is 2.31. The maximum Gasteiger partial charge on any atom is 0.213 e. The molecule has 1 saturated heterocycles. The van der Waals surface area contributed by atoms with E-state index in [0.717, 1.165) is 12.3 Å². The summed E-state index contributed by atoms with van der Waals surface area (Å²) in [4.78, 5) is 8.62. The molecular formula is C14H26N4O2S. The van der Waals surface area contributed by atoms with Gasteiger partial charge in [0.1, 0.15) is 5.84 Å². The van der Waals surface area contributed by atoms with Gasteiger partial charge in [-0.1, -0.05) is 0 Å². The monoisotopic (exact) mass is 314 g/mol. The average Bonchev–Trinajstić information content (AvgIpc) is 2.77. The molecule has 0 bridgehead atoms. The van der Waals surface area contributed by atoms with Crippen LogP contribution in [0.25, 0.3) is 0 Å². The van der Waals surface area contributed by atoms with Gasteiger partial charge in [-0.05, 0) is 40.4 Å². The number of hydrogen-bond acceptors (Lipinski definition) is 5. The largest absolute Gasteiger partial charge is 0.332 e. The fourth-order valence-electron chi connectivity index (χ4n) is 2.82. The summed E-state index contributed by atoms with van der Waals surface area (Å²) in [6.45, 7) is 7.37. The summed E-state index contributed by atoms with van der Waals surface area (Å²) in [7, 11) is 0.519. The first-order valence-corrected chi connectivity index (χ1v) is 9.01. The quantitative estimate of drug-likeness (QED) is 0.809. The van der Waals surface area contributed by atoms with Gasteiger partial charge in [0.2, 0.25) is 10.0 Å². The lowest BCUT2D eigenvalue weighted by Gasteiger charge is -2.28. The lowest BCUT2D eigenvalue weighted by molar-refractivity contribution is 0.429. The zero-order valence-electron chi connectivity index (χ0n) is 13.5. The summed E-state index contributed by atoms with van der Waals surface area (Å²) in [5.41, 5.74) is 2.48. The van der Waals surface area contributed by atoms with Crippen LogP contribution in [-0.4, -0.2) is 69.1 Å². The third-order valence-electron chi connectivity index (χ3n) is 4.17. The molecule has 0 aromatic heterocycles. The van der Waals surface area contributed by atoms with Crippen molar-refractivity contribution in [2.45, 2.75) is 39.3 Å². The summed E-state index contributed by atoms with van der Waals surface area (Å²) >= 11 is 0. The van der Waals surface area contributed by atoms with E-state index in [1.165, 1.54) is 11.3 Å². The van der Waals surface area contributed by atoms with Crippen molar-refractivity contribution in [1.82, 2.24) is 14.5 Å². The SMILES string of the molecule is CC1=N[C@@H](C)C(C)=C2C[C@H](NS(=O)(=O)CCN(C)C)CN12. The molecule has 21 heavy (non-hydrogen) atoms.